The van der Waals surface area contributed by atoms with E-state index in [1.54, 1.807) is 0 Å². The summed E-state index contributed by atoms with van der Waals surface area (Å²) < 4.78 is 36.7. The Morgan fingerprint density at radius 2 is 1.81 bits per heavy atom. The number of hydrogen-bond acceptors (Lipinski definition) is 3. The molecule has 16 heavy (non-hydrogen) atoms. The van der Waals surface area contributed by atoms with Crippen LogP contribution in [0.3, 0.4) is 0 Å². The van der Waals surface area contributed by atoms with Crippen LogP contribution in [0, 0.1) is 0 Å². The molecule has 3 nitrogen and oxygen atoms in total. The monoisotopic (exact) mass is 262 g/mol. The average molecular weight is 263 g/mol. The predicted octanol–water partition coefficient (Wildman–Crippen LogP) is 1.02. The van der Waals surface area contributed by atoms with Gasteiger partial charge in [0, 0.05) is 12.6 Å². The summed E-state index contributed by atoms with van der Waals surface area (Å²) in [6.07, 6.45) is -2.74. The molecule has 0 unspecified atom stereocenters. The molecule has 1 rings (SSSR count). The SMILES string of the molecule is Cl.OCCN(CC(F)(F)F)C1CCNCC1. The van der Waals surface area contributed by atoms with Crippen molar-refractivity contribution in [1.29, 1.82) is 0 Å². The van der Waals surface area contributed by atoms with Crippen LogP contribution >= 0.6 is 12.4 Å². The van der Waals surface area contributed by atoms with Crippen LogP contribution in [-0.2, 0) is 0 Å². The Labute approximate surface area is 99.4 Å². The summed E-state index contributed by atoms with van der Waals surface area (Å²) >= 11 is 0. The number of nitrogens with one attached hydrogen (secondary N) is 1. The molecule has 1 heterocycles. The zero-order valence-electron chi connectivity index (χ0n) is 8.96. The molecule has 2 N–H and O–H groups in total. The molecule has 1 saturated heterocycles. The molecule has 0 atom stereocenters. The topological polar surface area (TPSA) is 35.5 Å². The first-order valence-corrected chi connectivity index (χ1v) is 5.15. The Bertz CT molecular complexity index is 186. The van der Waals surface area contributed by atoms with E-state index in [1.807, 2.05) is 0 Å². The van der Waals surface area contributed by atoms with Crippen molar-refractivity contribution >= 4 is 12.4 Å². The van der Waals surface area contributed by atoms with Crippen molar-refractivity contribution in [3.63, 3.8) is 0 Å². The molecule has 0 aromatic rings. The fourth-order valence-electron chi connectivity index (χ4n) is 1.92. The van der Waals surface area contributed by atoms with E-state index in [-0.39, 0.29) is 31.6 Å². The quantitative estimate of drug-likeness (QED) is 0.794. The van der Waals surface area contributed by atoms with Gasteiger partial charge in [-0.05, 0) is 25.9 Å². The lowest BCUT2D eigenvalue weighted by molar-refractivity contribution is -0.152. The van der Waals surface area contributed by atoms with Gasteiger partial charge in [-0.3, -0.25) is 4.90 Å². The zero-order valence-corrected chi connectivity index (χ0v) is 9.78. The van der Waals surface area contributed by atoms with Gasteiger partial charge in [0.2, 0.25) is 0 Å². The lowest BCUT2D eigenvalue weighted by Crippen LogP contribution is -2.47. The number of halogens is 4. The van der Waals surface area contributed by atoms with Crippen LogP contribution in [0.1, 0.15) is 12.8 Å². The fourth-order valence-corrected chi connectivity index (χ4v) is 1.92. The smallest absolute Gasteiger partial charge is 0.395 e. The molecule has 7 heteroatoms. The van der Waals surface area contributed by atoms with E-state index in [9.17, 15) is 13.2 Å². The van der Waals surface area contributed by atoms with Crippen LogP contribution in [0.5, 0.6) is 0 Å². The molecule has 98 valence electrons. The van der Waals surface area contributed by atoms with Gasteiger partial charge in [0.05, 0.1) is 13.2 Å². The Morgan fingerprint density at radius 1 is 1.25 bits per heavy atom. The van der Waals surface area contributed by atoms with Gasteiger partial charge >= 0.3 is 6.18 Å². The number of alkyl halides is 3. The Balaban J connectivity index is 0.00000225. The van der Waals surface area contributed by atoms with E-state index < -0.39 is 12.7 Å². The number of aliphatic hydroxyl groups excluding tert-OH is 1. The largest absolute Gasteiger partial charge is 0.401 e. The van der Waals surface area contributed by atoms with Gasteiger partial charge in [0.25, 0.3) is 0 Å². The second-order valence-corrected chi connectivity index (χ2v) is 3.79. The van der Waals surface area contributed by atoms with E-state index >= 15 is 0 Å². The van der Waals surface area contributed by atoms with Gasteiger partial charge in [0.15, 0.2) is 0 Å². The maximum absolute atomic E-state index is 12.2. The summed E-state index contributed by atoms with van der Waals surface area (Å²) in [5.74, 6) is 0. The van der Waals surface area contributed by atoms with Crippen LogP contribution in [0.2, 0.25) is 0 Å². The summed E-state index contributed by atoms with van der Waals surface area (Å²) in [4.78, 5) is 1.33. The zero-order chi connectivity index (χ0) is 11.3. The minimum atomic E-state index is -4.18. The predicted molar refractivity (Wildman–Crippen MR) is 57.9 cm³/mol. The molecule has 0 aliphatic carbocycles. The van der Waals surface area contributed by atoms with E-state index in [0.717, 1.165) is 25.9 Å². The van der Waals surface area contributed by atoms with E-state index in [1.165, 1.54) is 4.90 Å². The number of rotatable bonds is 4. The summed E-state index contributed by atoms with van der Waals surface area (Å²) in [5.41, 5.74) is 0. The first kappa shape index (κ1) is 16.0. The summed E-state index contributed by atoms with van der Waals surface area (Å²) in [5, 5.41) is 11.8. The average Bonchev–Trinajstić information content (AvgIpc) is 2.17. The molecular formula is C9H18ClF3N2O. The highest BCUT2D eigenvalue weighted by atomic mass is 35.5. The Kier molecular flexibility index (Phi) is 7.30. The third-order valence-corrected chi connectivity index (χ3v) is 2.59. The maximum Gasteiger partial charge on any atom is 0.401 e. The lowest BCUT2D eigenvalue weighted by Gasteiger charge is -2.34. The normalized spacial score (nSPS) is 18.6. The van der Waals surface area contributed by atoms with Crippen LogP contribution < -0.4 is 5.32 Å². The molecule has 0 radical (unpaired) electrons. The highest BCUT2D eigenvalue weighted by molar-refractivity contribution is 5.85. The van der Waals surface area contributed by atoms with Gasteiger partial charge in [-0.2, -0.15) is 13.2 Å². The highest BCUT2D eigenvalue weighted by Crippen LogP contribution is 2.20. The highest BCUT2D eigenvalue weighted by Gasteiger charge is 2.33. The summed E-state index contributed by atoms with van der Waals surface area (Å²) in [6, 6.07) is -0.0555. The molecule has 1 fully saturated rings. The third-order valence-electron chi connectivity index (χ3n) is 2.59. The minimum absolute atomic E-state index is 0. The number of hydrogen-bond donors (Lipinski definition) is 2. The van der Waals surface area contributed by atoms with Crippen LogP contribution in [0.25, 0.3) is 0 Å². The van der Waals surface area contributed by atoms with Gasteiger partial charge in [0.1, 0.15) is 0 Å². The van der Waals surface area contributed by atoms with Crippen LogP contribution in [-0.4, -0.2) is 55.0 Å². The van der Waals surface area contributed by atoms with Crippen molar-refractivity contribution in [3.05, 3.63) is 0 Å². The second kappa shape index (κ2) is 7.32. The maximum atomic E-state index is 12.2. The lowest BCUT2D eigenvalue weighted by atomic mass is 10.0. The van der Waals surface area contributed by atoms with Crippen molar-refractivity contribution in [1.82, 2.24) is 10.2 Å². The molecule has 0 saturated carbocycles. The van der Waals surface area contributed by atoms with E-state index in [4.69, 9.17) is 5.11 Å². The molecule has 0 spiro atoms. The van der Waals surface area contributed by atoms with E-state index in [2.05, 4.69) is 5.32 Å². The standard InChI is InChI=1S/C9H17F3N2O.ClH/c10-9(11,12)7-14(5-6-15)8-1-3-13-4-2-8;/h8,13,15H,1-7H2;1H. The summed E-state index contributed by atoms with van der Waals surface area (Å²) in [7, 11) is 0. The molecule has 0 aromatic heterocycles. The van der Waals surface area contributed by atoms with Gasteiger partial charge in [-0.15, -0.1) is 12.4 Å². The first-order chi connectivity index (χ1) is 7.03. The first-order valence-electron chi connectivity index (χ1n) is 5.15. The van der Waals surface area contributed by atoms with Crippen LogP contribution in [0.15, 0.2) is 0 Å². The van der Waals surface area contributed by atoms with Gasteiger partial charge < -0.3 is 10.4 Å². The minimum Gasteiger partial charge on any atom is -0.395 e. The molecule has 0 amide bonds. The Hall–Kier alpha value is -0.0400. The fraction of sp³-hybridized carbons (Fsp3) is 1.00. The Morgan fingerprint density at radius 3 is 2.25 bits per heavy atom. The second-order valence-electron chi connectivity index (χ2n) is 3.79. The number of aliphatic hydroxyl groups is 1. The van der Waals surface area contributed by atoms with E-state index in [0.29, 0.717) is 0 Å². The van der Waals surface area contributed by atoms with Crippen molar-refractivity contribution in [2.45, 2.75) is 25.1 Å². The van der Waals surface area contributed by atoms with Gasteiger partial charge in [-0.1, -0.05) is 0 Å². The summed E-state index contributed by atoms with van der Waals surface area (Å²) in [6.45, 7) is 0.470. The molecule has 0 aromatic carbocycles. The number of nitrogens with zero attached hydrogens (tertiary/aromatic N) is 1. The third kappa shape index (κ3) is 5.89. The molecule has 1 aliphatic rings. The van der Waals surface area contributed by atoms with Crippen LogP contribution in [0.4, 0.5) is 13.2 Å². The number of piperidine rings is 1. The van der Waals surface area contributed by atoms with Gasteiger partial charge in [-0.25, -0.2) is 0 Å². The van der Waals surface area contributed by atoms with Crippen molar-refractivity contribution < 1.29 is 18.3 Å². The van der Waals surface area contributed by atoms with Crippen molar-refractivity contribution in [2.24, 2.45) is 0 Å². The molecule has 1 aliphatic heterocycles. The molecular weight excluding hydrogens is 245 g/mol. The molecule has 0 bridgehead atoms. The van der Waals surface area contributed by atoms with Crippen molar-refractivity contribution in [3.8, 4) is 0 Å². The van der Waals surface area contributed by atoms with Crippen molar-refractivity contribution in [2.75, 3.05) is 32.8 Å².